The fourth-order valence-corrected chi connectivity index (χ4v) is 2.86. The van der Waals surface area contributed by atoms with Crippen molar-refractivity contribution in [2.24, 2.45) is 0 Å². The Kier molecular flexibility index (Phi) is 4.26. The number of fused-ring (bicyclic) bond motifs is 1. The minimum Gasteiger partial charge on any atom is -0.507 e. The molecule has 1 amide bonds. The van der Waals surface area contributed by atoms with Crippen LogP contribution in [0.2, 0.25) is 0 Å². The third-order valence-electron chi connectivity index (χ3n) is 3.80. The Bertz CT molecular complexity index is 799. The quantitative estimate of drug-likeness (QED) is 0.664. The van der Waals surface area contributed by atoms with Crippen LogP contribution in [-0.4, -0.2) is 24.0 Å². The smallest absolute Gasteiger partial charge is 0.256 e. The zero-order valence-electron chi connectivity index (χ0n) is 12.6. The number of alkyl halides is 1. The van der Waals surface area contributed by atoms with Gasteiger partial charge in [-0.25, -0.2) is 0 Å². The van der Waals surface area contributed by atoms with Crippen LogP contribution in [0.3, 0.4) is 0 Å². The fourth-order valence-electron chi connectivity index (χ4n) is 2.64. The Morgan fingerprint density at radius 2 is 2.13 bits per heavy atom. The summed E-state index contributed by atoms with van der Waals surface area (Å²) in [5.41, 5.74) is 3.61. The Morgan fingerprint density at radius 3 is 2.87 bits per heavy atom. The fraction of sp³-hybridized carbons (Fsp3) is 0.167. The second-order valence-corrected chi connectivity index (χ2v) is 5.60. The lowest BCUT2D eigenvalue weighted by Gasteiger charge is -2.08. The Hall–Kier alpha value is -2.46. The number of hydrogen-bond acceptors (Lipinski definition) is 3. The van der Waals surface area contributed by atoms with Gasteiger partial charge in [0.25, 0.3) is 5.91 Å². The van der Waals surface area contributed by atoms with Crippen molar-refractivity contribution in [1.82, 2.24) is 0 Å². The molecule has 1 aliphatic rings. The highest BCUT2D eigenvalue weighted by Crippen LogP contribution is 2.37. The standard InChI is InChI=1S/C18H16ClNO3/c1-23-17-4-2-3-16(21)14(17)10-13-12-9-11(7-8-19)5-6-15(12)20-18(13)22/h2-6,9-10,21H,7-8H2,1H3,(H,20,22). The number of benzene rings is 2. The van der Waals surface area contributed by atoms with Gasteiger partial charge < -0.3 is 15.2 Å². The molecule has 118 valence electrons. The molecule has 1 heterocycles. The zero-order valence-corrected chi connectivity index (χ0v) is 13.4. The van der Waals surface area contributed by atoms with Gasteiger partial charge >= 0.3 is 0 Å². The molecule has 2 N–H and O–H groups in total. The topological polar surface area (TPSA) is 58.6 Å². The summed E-state index contributed by atoms with van der Waals surface area (Å²) in [5.74, 6) is 0.894. The van der Waals surface area contributed by atoms with Crippen LogP contribution < -0.4 is 10.1 Å². The second kappa shape index (κ2) is 6.34. The van der Waals surface area contributed by atoms with Gasteiger partial charge in [0.1, 0.15) is 11.5 Å². The molecular weight excluding hydrogens is 314 g/mol. The molecule has 23 heavy (non-hydrogen) atoms. The highest BCUT2D eigenvalue weighted by atomic mass is 35.5. The van der Waals surface area contributed by atoms with Gasteiger partial charge in [0.05, 0.1) is 12.7 Å². The summed E-state index contributed by atoms with van der Waals surface area (Å²) in [7, 11) is 1.53. The lowest BCUT2D eigenvalue weighted by Crippen LogP contribution is -2.03. The van der Waals surface area contributed by atoms with Crippen LogP contribution in [0.1, 0.15) is 16.7 Å². The first-order valence-corrected chi connectivity index (χ1v) is 7.75. The molecule has 2 aromatic carbocycles. The molecule has 0 bridgehead atoms. The number of amides is 1. The van der Waals surface area contributed by atoms with Crippen LogP contribution in [0, 0.1) is 0 Å². The summed E-state index contributed by atoms with van der Waals surface area (Å²) in [6.45, 7) is 0. The van der Waals surface area contributed by atoms with Gasteiger partial charge in [0.15, 0.2) is 0 Å². The predicted octanol–water partition coefficient (Wildman–Crippen LogP) is 3.67. The summed E-state index contributed by atoms with van der Waals surface area (Å²) >= 11 is 5.80. The Balaban J connectivity index is 2.12. The number of aryl methyl sites for hydroxylation is 1. The number of phenols is 1. The molecule has 0 spiro atoms. The van der Waals surface area contributed by atoms with Crippen molar-refractivity contribution >= 4 is 34.8 Å². The first-order valence-electron chi connectivity index (χ1n) is 7.22. The summed E-state index contributed by atoms with van der Waals surface area (Å²) in [6.07, 6.45) is 2.38. The van der Waals surface area contributed by atoms with Crippen molar-refractivity contribution in [2.75, 3.05) is 18.3 Å². The lowest BCUT2D eigenvalue weighted by molar-refractivity contribution is -0.110. The number of carbonyl (C=O) groups excluding carboxylic acids is 1. The van der Waals surface area contributed by atoms with E-state index >= 15 is 0 Å². The van der Waals surface area contributed by atoms with Gasteiger partial charge in [0, 0.05) is 22.7 Å². The number of aromatic hydroxyl groups is 1. The normalized spacial score (nSPS) is 14.7. The number of ether oxygens (including phenoxy) is 1. The number of phenolic OH excluding ortho intramolecular Hbond substituents is 1. The molecule has 0 atom stereocenters. The molecule has 0 aromatic heterocycles. The third-order valence-corrected chi connectivity index (χ3v) is 3.99. The van der Waals surface area contributed by atoms with Crippen molar-refractivity contribution in [2.45, 2.75) is 6.42 Å². The number of nitrogens with one attached hydrogen (secondary N) is 1. The number of methoxy groups -OCH3 is 1. The molecule has 2 aromatic rings. The van der Waals surface area contributed by atoms with Crippen LogP contribution in [-0.2, 0) is 11.2 Å². The van der Waals surface area contributed by atoms with Crippen LogP contribution >= 0.6 is 11.6 Å². The van der Waals surface area contributed by atoms with Crippen LogP contribution in [0.15, 0.2) is 36.4 Å². The Labute approximate surface area is 139 Å². The van der Waals surface area contributed by atoms with E-state index in [9.17, 15) is 9.90 Å². The van der Waals surface area contributed by atoms with Gasteiger partial charge in [-0.1, -0.05) is 12.1 Å². The maximum absolute atomic E-state index is 12.3. The van der Waals surface area contributed by atoms with Crippen molar-refractivity contribution < 1.29 is 14.6 Å². The van der Waals surface area contributed by atoms with Crippen LogP contribution in [0.4, 0.5) is 5.69 Å². The van der Waals surface area contributed by atoms with E-state index in [1.807, 2.05) is 18.2 Å². The molecule has 4 nitrogen and oxygen atoms in total. The highest BCUT2D eigenvalue weighted by Gasteiger charge is 2.25. The summed E-state index contributed by atoms with van der Waals surface area (Å²) in [6, 6.07) is 10.8. The molecule has 0 fully saturated rings. The summed E-state index contributed by atoms with van der Waals surface area (Å²) in [4.78, 5) is 12.3. The van der Waals surface area contributed by atoms with E-state index in [1.165, 1.54) is 7.11 Å². The molecule has 0 saturated heterocycles. The summed E-state index contributed by atoms with van der Waals surface area (Å²) in [5, 5.41) is 12.9. The SMILES string of the molecule is COc1cccc(O)c1C=C1C(=O)Nc2ccc(CCCl)cc21. The monoisotopic (exact) mass is 329 g/mol. The zero-order chi connectivity index (χ0) is 16.4. The van der Waals surface area contributed by atoms with Gasteiger partial charge in [-0.15, -0.1) is 11.6 Å². The molecule has 0 unspecified atom stereocenters. The van der Waals surface area contributed by atoms with E-state index in [4.69, 9.17) is 16.3 Å². The van der Waals surface area contributed by atoms with Gasteiger partial charge in [-0.2, -0.15) is 0 Å². The van der Waals surface area contributed by atoms with Crippen molar-refractivity contribution in [3.8, 4) is 11.5 Å². The maximum atomic E-state index is 12.3. The van der Waals surface area contributed by atoms with E-state index < -0.39 is 0 Å². The first kappa shape index (κ1) is 15.4. The van der Waals surface area contributed by atoms with E-state index in [0.29, 0.717) is 22.8 Å². The first-order chi connectivity index (χ1) is 11.1. The Morgan fingerprint density at radius 1 is 1.30 bits per heavy atom. The van der Waals surface area contributed by atoms with Gasteiger partial charge in [0.2, 0.25) is 0 Å². The number of halogens is 1. The van der Waals surface area contributed by atoms with Crippen LogP contribution in [0.25, 0.3) is 11.6 Å². The van der Waals surface area contributed by atoms with Crippen molar-refractivity contribution in [3.05, 3.63) is 53.1 Å². The molecule has 1 aliphatic heterocycles. The van der Waals surface area contributed by atoms with Crippen LogP contribution in [0.5, 0.6) is 11.5 Å². The van der Waals surface area contributed by atoms with E-state index in [1.54, 1.807) is 24.3 Å². The van der Waals surface area contributed by atoms with Crippen molar-refractivity contribution in [3.63, 3.8) is 0 Å². The minimum absolute atomic E-state index is 0.0648. The van der Waals surface area contributed by atoms with Gasteiger partial charge in [-0.05, 0) is 42.3 Å². The number of hydrogen-bond donors (Lipinski definition) is 2. The van der Waals surface area contributed by atoms with E-state index in [0.717, 1.165) is 23.2 Å². The number of anilines is 1. The van der Waals surface area contributed by atoms with Crippen molar-refractivity contribution in [1.29, 1.82) is 0 Å². The largest absolute Gasteiger partial charge is 0.507 e. The third kappa shape index (κ3) is 2.90. The molecule has 5 heteroatoms. The molecule has 0 aliphatic carbocycles. The number of carbonyl (C=O) groups is 1. The van der Waals surface area contributed by atoms with Gasteiger partial charge in [-0.3, -0.25) is 4.79 Å². The molecular formula is C18H16ClNO3. The second-order valence-electron chi connectivity index (χ2n) is 5.22. The predicted molar refractivity (Wildman–Crippen MR) is 92.0 cm³/mol. The lowest BCUT2D eigenvalue weighted by atomic mass is 10.00. The molecule has 0 radical (unpaired) electrons. The minimum atomic E-state index is -0.201. The van der Waals surface area contributed by atoms with E-state index in [-0.39, 0.29) is 11.7 Å². The van der Waals surface area contributed by atoms with E-state index in [2.05, 4.69) is 5.32 Å². The average Bonchev–Trinajstić information content (AvgIpc) is 2.85. The summed E-state index contributed by atoms with van der Waals surface area (Å²) < 4.78 is 5.27. The maximum Gasteiger partial charge on any atom is 0.256 e. The molecule has 0 saturated carbocycles. The molecule has 3 rings (SSSR count). The average molecular weight is 330 g/mol. The number of rotatable bonds is 4. The highest BCUT2D eigenvalue weighted by molar-refractivity contribution is 6.35.